The van der Waals surface area contributed by atoms with Crippen LogP contribution >= 0.6 is 0 Å². The summed E-state index contributed by atoms with van der Waals surface area (Å²) in [7, 11) is 0. The van der Waals surface area contributed by atoms with E-state index in [0.29, 0.717) is 12.5 Å². The van der Waals surface area contributed by atoms with Crippen molar-refractivity contribution in [3.63, 3.8) is 0 Å². The molecule has 0 spiro atoms. The highest BCUT2D eigenvalue weighted by molar-refractivity contribution is 5.16. The molecule has 1 aromatic carbocycles. The first-order valence-corrected chi connectivity index (χ1v) is 6.85. The van der Waals surface area contributed by atoms with Gasteiger partial charge in [-0.1, -0.05) is 12.1 Å². The van der Waals surface area contributed by atoms with Crippen LogP contribution in [-0.2, 0) is 6.42 Å². The van der Waals surface area contributed by atoms with Crippen molar-refractivity contribution in [2.24, 2.45) is 5.92 Å². The van der Waals surface area contributed by atoms with Gasteiger partial charge in [-0.2, -0.15) is 0 Å². The number of halogens is 1. The second-order valence-electron chi connectivity index (χ2n) is 5.17. The summed E-state index contributed by atoms with van der Waals surface area (Å²) >= 11 is 0. The van der Waals surface area contributed by atoms with Crippen molar-refractivity contribution >= 4 is 0 Å². The Labute approximate surface area is 108 Å². The molecule has 3 heteroatoms. The molecule has 0 amide bonds. The highest BCUT2D eigenvalue weighted by Gasteiger charge is 2.18. The Morgan fingerprint density at radius 3 is 2.44 bits per heavy atom. The largest absolute Gasteiger partial charge is 0.396 e. The first-order chi connectivity index (χ1) is 8.78. The van der Waals surface area contributed by atoms with Gasteiger partial charge in [0.1, 0.15) is 5.82 Å². The minimum atomic E-state index is -0.163. The standard InChI is InChI=1S/C15H22FNO/c16-15-3-1-13(2-4-15)5-9-17-10-6-14(7-11-17)8-12-18/h1-4,14,18H,5-12H2. The van der Waals surface area contributed by atoms with Crippen LogP contribution in [0.1, 0.15) is 24.8 Å². The fraction of sp³-hybridized carbons (Fsp3) is 0.600. The van der Waals surface area contributed by atoms with E-state index in [1.807, 2.05) is 12.1 Å². The Morgan fingerprint density at radius 2 is 1.83 bits per heavy atom. The highest BCUT2D eigenvalue weighted by atomic mass is 19.1. The van der Waals surface area contributed by atoms with Gasteiger partial charge in [0.25, 0.3) is 0 Å². The van der Waals surface area contributed by atoms with Crippen LogP contribution in [0.25, 0.3) is 0 Å². The van der Waals surface area contributed by atoms with Gasteiger partial charge in [0.05, 0.1) is 0 Å². The van der Waals surface area contributed by atoms with Crippen molar-refractivity contribution in [2.45, 2.75) is 25.7 Å². The SMILES string of the molecule is OCCC1CCN(CCc2ccc(F)cc2)CC1. The van der Waals surface area contributed by atoms with Crippen LogP contribution in [0, 0.1) is 11.7 Å². The zero-order valence-electron chi connectivity index (χ0n) is 10.8. The molecule has 0 unspecified atom stereocenters. The predicted octanol–water partition coefficient (Wildman–Crippen LogP) is 2.46. The van der Waals surface area contributed by atoms with E-state index >= 15 is 0 Å². The van der Waals surface area contributed by atoms with Crippen molar-refractivity contribution in [3.05, 3.63) is 35.6 Å². The summed E-state index contributed by atoms with van der Waals surface area (Å²) in [5.74, 6) is 0.542. The van der Waals surface area contributed by atoms with Gasteiger partial charge < -0.3 is 10.0 Å². The molecule has 18 heavy (non-hydrogen) atoms. The molecule has 0 saturated carbocycles. The molecule has 0 bridgehead atoms. The molecular formula is C15H22FNO. The molecule has 1 aliphatic heterocycles. The average Bonchev–Trinajstić information content (AvgIpc) is 2.40. The fourth-order valence-corrected chi connectivity index (χ4v) is 2.62. The summed E-state index contributed by atoms with van der Waals surface area (Å²) in [5, 5.41) is 8.91. The van der Waals surface area contributed by atoms with E-state index in [1.54, 1.807) is 0 Å². The number of aliphatic hydroxyl groups is 1. The molecule has 1 heterocycles. The molecule has 2 rings (SSSR count). The highest BCUT2D eigenvalue weighted by Crippen LogP contribution is 2.20. The van der Waals surface area contributed by atoms with Gasteiger partial charge in [0.15, 0.2) is 0 Å². The molecule has 100 valence electrons. The average molecular weight is 251 g/mol. The van der Waals surface area contributed by atoms with Gasteiger partial charge in [0.2, 0.25) is 0 Å². The summed E-state index contributed by atoms with van der Waals surface area (Å²) in [6.45, 7) is 3.63. The summed E-state index contributed by atoms with van der Waals surface area (Å²) in [6, 6.07) is 6.80. The van der Waals surface area contributed by atoms with Crippen LogP contribution in [0.15, 0.2) is 24.3 Å². The van der Waals surface area contributed by atoms with E-state index < -0.39 is 0 Å². The van der Waals surface area contributed by atoms with Crippen molar-refractivity contribution in [1.82, 2.24) is 4.90 Å². The van der Waals surface area contributed by atoms with Crippen molar-refractivity contribution in [2.75, 3.05) is 26.2 Å². The second kappa shape index (κ2) is 6.86. The third-order valence-electron chi connectivity index (χ3n) is 3.87. The van der Waals surface area contributed by atoms with Crippen molar-refractivity contribution in [1.29, 1.82) is 0 Å². The van der Waals surface area contributed by atoms with E-state index in [9.17, 15) is 4.39 Å². The van der Waals surface area contributed by atoms with Gasteiger partial charge in [-0.25, -0.2) is 4.39 Å². The lowest BCUT2D eigenvalue weighted by atomic mass is 9.94. The maximum atomic E-state index is 12.8. The Bertz CT molecular complexity index is 344. The number of piperidine rings is 1. The van der Waals surface area contributed by atoms with Crippen molar-refractivity contribution < 1.29 is 9.50 Å². The number of aliphatic hydroxyl groups excluding tert-OH is 1. The first-order valence-electron chi connectivity index (χ1n) is 6.85. The summed E-state index contributed by atoms with van der Waals surface area (Å²) in [4.78, 5) is 2.47. The second-order valence-corrected chi connectivity index (χ2v) is 5.17. The van der Waals surface area contributed by atoms with Gasteiger partial charge in [-0.3, -0.25) is 0 Å². The number of hydrogen-bond donors (Lipinski definition) is 1. The number of hydrogen-bond acceptors (Lipinski definition) is 2. The smallest absolute Gasteiger partial charge is 0.123 e. The van der Waals surface area contributed by atoms with Crippen LogP contribution in [0.5, 0.6) is 0 Å². The van der Waals surface area contributed by atoms with Crippen molar-refractivity contribution in [3.8, 4) is 0 Å². The van der Waals surface area contributed by atoms with Crippen LogP contribution in [0.4, 0.5) is 4.39 Å². The van der Waals surface area contributed by atoms with E-state index in [4.69, 9.17) is 5.11 Å². The Balaban J connectivity index is 1.70. The molecule has 1 aromatic rings. The minimum absolute atomic E-state index is 0.163. The zero-order valence-corrected chi connectivity index (χ0v) is 10.8. The number of likely N-dealkylation sites (tertiary alicyclic amines) is 1. The molecule has 0 radical (unpaired) electrons. The lowest BCUT2D eigenvalue weighted by molar-refractivity contribution is 0.160. The van der Waals surface area contributed by atoms with Gasteiger partial charge in [-0.05, 0) is 62.4 Å². The van der Waals surface area contributed by atoms with E-state index in [-0.39, 0.29) is 5.82 Å². The first kappa shape index (κ1) is 13.5. The number of rotatable bonds is 5. The Morgan fingerprint density at radius 1 is 1.17 bits per heavy atom. The van der Waals surface area contributed by atoms with Gasteiger partial charge >= 0.3 is 0 Å². The zero-order chi connectivity index (χ0) is 12.8. The molecule has 1 N–H and O–H groups in total. The van der Waals surface area contributed by atoms with E-state index in [0.717, 1.165) is 32.5 Å². The van der Waals surface area contributed by atoms with Crippen LogP contribution in [-0.4, -0.2) is 36.2 Å². The van der Waals surface area contributed by atoms with Gasteiger partial charge in [0, 0.05) is 13.2 Å². The quantitative estimate of drug-likeness (QED) is 0.869. The summed E-state index contributed by atoms with van der Waals surface area (Å²) < 4.78 is 12.8. The van der Waals surface area contributed by atoms with Crippen LogP contribution in [0.2, 0.25) is 0 Å². The van der Waals surface area contributed by atoms with Crippen LogP contribution < -0.4 is 0 Å². The maximum absolute atomic E-state index is 12.8. The lowest BCUT2D eigenvalue weighted by Gasteiger charge is -2.31. The lowest BCUT2D eigenvalue weighted by Crippen LogP contribution is -2.35. The molecule has 2 nitrogen and oxygen atoms in total. The molecular weight excluding hydrogens is 229 g/mol. The topological polar surface area (TPSA) is 23.5 Å². The molecule has 1 fully saturated rings. The van der Waals surface area contributed by atoms with Crippen LogP contribution in [0.3, 0.4) is 0 Å². The minimum Gasteiger partial charge on any atom is -0.396 e. The summed E-state index contributed by atoms with van der Waals surface area (Å²) in [5.41, 5.74) is 1.20. The Hall–Kier alpha value is -0.930. The number of benzene rings is 1. The monoisotopic (exact) mass is 251 g/mol. The normalized spacial score (nSPS) is 18.1. The molecule has 0 aliphatic carbocycles. The molecule has 0 aromatic heterocycles. The molecule has 1 saturated heterocycles. The third-order valence-corrected chi connectivity index (χ3v) is 3.87. The Kier molecular flexibility index (Phi) is 5.14. The summed E-state index contributed by atoms with van der Waals surface area (Å²) in [6.07, 6.45) is 4.34. The van der Waals surface area contributed by atoms with E-state index in [1.165, 1.54) is 30.5 Å². The molecule has 1 aliphatic rings. The third kappa shape index (κ3) is 4.07. The van der Waals surface area contributed by atoms with Gasteiger partial charge in [-0.15, -0.1) is 0 Å². The predicted molar refractivity (Wildman–Crippen MR) is 71.0 cm³/mol. The van der Waals surface area contributed by atoms with E-state index in [2.05, 4.69) is 4.90 Å². The number of nitrogens with zero attached hydrogens (tertiary/aromatic N) is 1. The fourth-order valence-electron chi connectivity index (χ4n) is 2.62. The maximum Gasteiger partial charge on any atom is 0.123 e. The molecule has 0 atom stereocenters.